The summed E-state index contributed by atoms with van der Waals surface area (Å²) in [4.78, 5) is 12.7. The minimum absolute atomic E-state index is 0.648. The third-order valence-electron chi connectivity index (χ3n) is 1.44. The third-order valence-corrected chi connectivity index (χ3v) is 1.44. The molecular formula is C7H3F2N3O2. The second kappa shape index (κ2) is 3.71. The molecule has 0 fully saturated rings. The van der Waals surface area contributed by atoms with E-state index in [4.69, 9.17) is 10.6 Å². The zero-order valence-corrected chi connectivity index (χ0v) is 6.61. The summed E-state index contributed by atoms with van der Waals surface area (Å²) in [6.45, 7) is 0. The highest BCUT2D eigenvalue weighted by Crippen LogP contribution is 2.25. The summed E-state index contributed by atoms with van der Waals surface area (Å²) in [6, 6.07) is 1.33. The third kappa shape index (κ3) is 1.62. The summed E-state index contributed by atoms with van der Waals surface area (Å²) in [7, 11) is 0. The molecule has 7 heteroatoms. The number of carboxylic acid groups (broad SMARTS) is 1. The van der Waals surface area contributed by atoms with E-state index in [0.717, 1.165) is 0 Å². The average Bonchev–Trinajstić information content (AvgIpc) is 2.11. The van der Waals surface area contributed by atoms with Gasteiger partial charge in [0.25, 0.3) is 0 Å². The van der Waals surface area contributed by atoms with Crippen LogP contribution in [0, 0.1) is 11.6 Å². The van der Waals surface area contributed by atoms with E-state index < -0.39 is 28.9 Å². The molecule has 0 atom stereocenters. The molecule has 1 aromatic carbocycles. The van der Waals surface area contributed by atoms with E-state index in [1.807, 2.05) is 0 Å². The molecule has 5 nitrogen and oxygen atoms in total. The predicted octanol–water partition coefficient (Wildman–Crippen LogP) is 2.60. The maximum Gasteiger partial charge on any atom is 0.339 e. The Morgan fingerprint density at radius 2 is 2.00 bits per heavy atom. The van der Waals surface area contributed by atoms with E-state index in [2.05, 4.69) is 10.0 Å². The number of nitrogens with zero attached hydrogens (tertiary/aromatic N) is 3. The van der Waals surface area contributed by atoms with Crippen molar-refractivity contribution in [2.45, 2.75) is 0 Å². The van der Waals surface area contributed by atoms with Crippen LogP contribution in [-0.4, -0.2) is 11.1 Å². The van der Waals surface area contributed by atoms with Crippen LogP contribution in [-0.2, 0) is 0 Å². The largest absolute Gasteiger partial charge is 0.478 e. The maximum atomic E-state index is 12.9. The van der Waals surface area contributed by atoms with E-state index in [-0.39, 0.29) is 0 Å². The Balaban J connectivity index is 3.57. The van der Waals surface area contributed by atoms with Crippen molar-refractivity contribution in [3.05, 3.63) is 39.8 Å². The summed E-state index contributed by atoms with van der Waals surface area (Å²) in [5.74, 6) is -3.92. The van der Waals surface area contributed by atoms with Gasteiger partial charge in [0.15, 0.2) is 0 Å². The molecule has 0 saturated heterocycles. The number of aromatic carboxylic acids is 1. The van der Waals surface area contributed by atoms with Crippen molar-refractivity contribution in [1.29, 1.82) is 0 Å². The highest BCUT2D eigenvalue weighted by atomic mass is 19.1. The van der Waals surface area contributed by atoms with Gasteiger partial charge in [-0.2, -0.15) is 0 Å². The number of azide groups is 1. The lowest BCUT2D eigenvalue weighted by atomic mass is 10.1. The van der Waals surface area contributed by atoms with Crippen LogP contribution in [0.1, 0.15) is 10.4 Å². The standard InChI is InChI=1S/C7H3F2N3O2/c8-3-1-2-4(9)6(11-12-10)5(3)7(13)14/h1-2H,(H,13,14). The van der Waals surface area contributed by atoms with Gasteiger partial charge in [0, 0.05) is 4.91 Å². The molecule has 1 rings (SSSR count). The smallest absolute Gasteiger partial charge is 0.339 e. The fourth-order valence-electron chi connectivity index (χ4n) is 0.887. The Kier molecular flexibility index (Phi) is 2.64. The molecule has 0 aliphatic rings. The lowest BCUT2D eigenvalue weighted by molar-refractivity contribution is 0.0692. The minimum Gasteiger partial charge on any atom is -0.478 e. The number of carboxylic acids is 1. The van der Waals surface area contributed by atoms with E-state index in [1.165, 1.54) is 0 Å². The SMILES string of the molecule is [N-]=[N+]=Nc1c(F)ccc(F)c1C(=O)O. The van der Waals surface area contributed by atoms with Gasteiger partial charge in [-0.05, 0) is 17.7 Å². The first-order valence-electron chi connectivity index (χ1n) is 3.34. The molecule has 0 aliphatic carbocycles. The first kappa shape index (κ1) is 9.94. The van der Waals surface area contributed by atoms with Gasteiger partial charge in [0.05, 0.1) is 5.69 Å². The summed E-state index contributed by atoms with van der Waals surface area (Å²) < 4.78 is 25.8. The van der Waals surface area contributed by atoms with E-state index in [0.29, 0.717) is 12.1 Å². The van der Waals surface area contributed by atoms with E-state index >= 15 is 0 Å². The molecule has 0 amide bonds. The number of hydrogen-bond acceptors (Lipinski definition) is 2. The fourth-order valence-corrected chi connectivity index (χ4v) is 0.887. The van der Waals surface area contributed by atoms with Gasteiger partial charge in [-0.1, -0.05) is 5.11 Å². The molecule has 0 spiro atoms. The molecule has 0 unspecified atom stereocenters. The number of hydrogen-bond donors (Lipinski definition) is 1. The van der Waals surface area contributed by atoms with E-state index in [1.54, 1.807) is 0 Å². The Morgan fingerprint density at radius 1 is 1.43 bits per heavy atom. The number of benzene rings is 1. The zero-order valence-electron chi connectivity index (χ0n) is 6.61. The maximum absolute atomic E-state index is 12.9. The van der Waals surface area contributed by atoms with Gasteiger partial charge in [-0.15, -0.1) is 0 Å². The van der Waals surface area contributed by atoms with Crippen molar-refractivity contribution in [2.75, 3.05) is 0 Å². The zero-order chi connectivity index (χ0) is 10.7. The molecule has 0 aliphatic heterocycles. The van der Waals surface area contributed by atoms with Gasteiger partial charge in [0.2, 0.25) is 0 Å². The van der Waals surface area contributed by atoms with Crippen molar-refractivity contribution in [2.24, 2.45) is 5.11 Å². The Bertz CT molecular complexity index is 414. The molecule has 0 radical (unpaired) electrons. The monoisotopic (exact) mass is 199 g/mol. The average molecular weight is 199 g/mol. The van der Waals surface area contributed by atoms with Crippen LogP contribution in [0.2, 0.25) is 0 Å². The Morgan fingerprint density at radius 3 is 2.50 bits per heavy atom. The summed E-state index contributed by atoms with van der Waals surface area (Å²) in [6.07, 6.45) is 0. The van der Waals surface area contributed by atoms with Crippen molar-refractivity contribution in [3.8, 4) is 0 Å². The lowest BCUT2D eigenvalue weighted by Gasteiger charge is -2.01. The van der Waals surface area contributed by atoms with Gasteiger partial charge < -0.3 is 5.11 Å². The second-order valence-corrected chi connectivity index (χ2v) is 2.25. The number of carbonyl (C=O) groups is 1. The second-order valence-electron chi connectivity index (χ2n) is 2.25. The molecule has 72 valence electrons. The summed E-state index contributed by atoms with van der Waals surface area (Å²) in [5.41, 5.74) is 6.20. The van der Waals surface area contributed by atoms with Crippen molar-refractivity contribution in [3.63, 3.8) is 0 Å². The normalized spacial score (nSPS) is 9.29. The summed E-state index contributed by atoms with van der Waals surface area (Å²) >= 11 is 0. The first-order chi connectivity index (χ1) is 6.57. The van der Waals surface area contributed by atoms with Crippen LogP contribution in [0.15, 0.2) is 17.2 Å². The highest BCUT2D eigenvalue weighted by Gasteiger charge is 2.18. The minimum atomic E-state index is -1.69. The van der Waals surface area contributed by atoms with Crippen LogP contribution >= 0.6 is 0 Å². The number of rotatable bonds is 2. The van der Waals surface area contributed by atoms with Gasteiger partial charge in [0.1, 0.15) is 17.2 Å². The topological polar surface area (TPSA) is 86.1 Å². The van der Waals surface area contributed by atoms with Crippen LogP contribution in [0.3, 0.4) is 0 Å². The molecule has 0 bridgehead atoms. The molecule has 1 aromatic rings. The molecule has 14 heavy (non-hydrogen) atoms. The van der Waals surface area contributed by atoms with Crippen molar-refractivity contribution < 1.29 is 18.7 Å². The van der Waals surface area contributed by atoms with Crippen LogP contribution < -0.4 is 0 Å². The quantitative estimate of drug-likeness (QED) is 0.450. The Labute approximate surface area is 76.2 Å². The first-order valence-corrected chi connectivity index (χ1v) is 3.34. The molecule has 1 N–H and O–H groups in total. The molecular weight excluding hydrogens is 196 g/mol. The lowest BCUT2D eigenvalue weighted by Crippen LogP contribution is -2.02. The molecule has 0 aromatic heterocycles. The fraction of sp³-hybridized carbons (Fsp3) is 0. The molecule has 0 saturated carbocycles. The number of halogens is 2. The van der Waals surface area contributed by atoms with Crippen molar-refractivity contribution in [1.82, 2.24) is 0 Å². The van der Waals surface area contributed by atoms with Crippen molar-refractivity contribution >= 4 is 11.7 Å². The van der Waals surface area contributed by atoms with Gasteiger partial charge >= 0.3 is 5.97 Å². The highest BCUT2D eigenvalue weighted by molar-refractivity contribution is 5.93. The van der Waals surface area contributed by atoms with Gasteiger partial charge in [-0.25, -0.2) is 13.6 Å². The van der Waals surface area contributed by atoms with Crippen LogP contribution in [0.25, 0.3) is 10.4 Å². The van der Waals surface area contributed by atoms with Crippen LogP contribution in [0.5, 0.6) is 0 Å². The van der Waals surface area contributed by atoms with Gasteiger partial charge in [-0.3, -0.25) is 0 Å². The summed E-state index contributed by atoms with van der Waals surface area (Å²) in [5, 5.41) is 11.3. The molecule has 0 heterocycles. The predicted molar refractivity (Wildman–Crippen MR) is 42.1 cm³/mol. The van der Waals surface area contributed by atoms with Crippen LogP contribution in [0.4, 0.5) is 14.5 Å². The van der Waals surface area contributed by atoms with E-state index in [9.17, 15) is 13.6 Å². The Hall–Kier alpha value is -2.14.